The second-order valence-electron chi connectivity index (χ2n) is 6.89. The Labute approximate surface area is 127 Å². The number of aliphatic hydroxyl groups excluding tert-OH is 1. The number of hydrogen-bond donors (Lipinski definition) is 2. The van der Waals surface area contributed by atoms with E-state index < -0.39 is 0 Å². The molecule has 120 valence electrons. The average Bonchev–Trinajstić information content (AvgIpc) is 2.54. The van der Waals surface area contributed by atoms with Crippen LogP contribution in [0.2, 0.25) is 0 Å². The number of nitrogens with one attached hydrogen (secondary N) is 1. The quantitative estimate of drug-likeness (QED) is 0.786. The zero-order chi connectivity index (χ0) is 14.7. The van der Waals surface area contributed by atoms with Crippen LogP contribution in [0.25, 0.3) is 0 Å². The molecule has 2 saturated carbocycles. The molecule has 1 saturated heterocycles. The van der Waals surface area contributed by atoms with Crippen LogP contribution in [0.3, 0.4) is 0 Å². The number of azo groups is 1. The number of rotatable bonds is 3. The molecule has 6 atom stereocenters. The largest absolute Gasteiger partial charge is 0.391 e. The zero-order valence-corrected chi connectivity index (χ0v) is 13.1. The van der Waals surface area contributed by atoms with Crippen molar-refractivity contribution in [3.63, 3.8) is 0 Å². The summed E-state index contributed by atoms with van der Waals surface area (Å²) >= 11 is 0. The minimum absolute atomic E-state index is 0.00489. The standard InChI is InChI=1S/C16H29N3O2/c1-21-14-7-4-10-17-16(14)19-18-15-12-6-3-2-5-11(12)8-9-13(15)20/h11-17,20H,2-10H2,1H3. The summed E-state index contributed by atoms with van der Waals surface area (Å²) in [5.41, 5.74) is 0. The second-order valence-corrected chi connectivity index (χ2v) is 6.89. The van der Waals surface area contributed by atoms with Crippen LogP contribution in [-0.4, -0.2) is 43.2 Å². The predicted octanol–water partition coefficient (Wildman–Crippen LogP) is 2.49. The molecule has 2 N–H and O–H groups in total. The maximum Gasteiger partial charge on any atom is 0.147 e. The first-order valence-corrected chi connectivity index (χ1v) is 8.64. The van der Waals surface area contributed by atoms with E-state index in [1.807, 2.05) is 0 Å². The van der Waals surface area contributed by atoms with Gasteiger partial charge in [0.1, 0.15) is 6.17 Å². The molecule has 0 aromatic rings. The summed E-state index contributed by atoms with van der Waals surface area (Å²) in [6.07, 6.45) is 9.12. The molecule has 0 aromatic heterocycles. The Morgan fingerprint density at radius 3 is 2.71 bits per heavy atom. The first kappa shape index (κ1) is 15.4. The van der Waals surface area contributed by atoms with E-state index in [1.54, 1.807) is 7.11 Å². The number of nitrogens with zero attached hydrogens (tertiary/aromatic N) is 2. The SMILES string of the molecule is COC1CCCNC1N=NC1C(O)CCC2CCCCC21. The highest BCUT2D eigenvalue weighted by Gasteiger charge is 2.40. The molecule has 21 heavy (non-hydrogen) atoms. The summed E-state index contributed by atoms with van der Waals surface area (Å²) < 4.78 is 5.50. The van der Waals surface area contributed by atoms with E-state index in [1.165, 1.54) is 32.1 Å². The molecule has 1 aliphatic heterocycles. The molecule has 3 aliphatic rings. The van der Waals surface area contributed by atoms with E-state index >= 15 is 0 Å². The van der Waals surface area contributed by atoms with Crippen molar-refractivity contribution in [3.8, 4) is 0 Å². The first-order chi connectivity index (χ1) is 10.3. The molecule has 0 bridgehead atoms. The summed E-state index contributed by atoms with van der Waals surface area (Å²) in [7, 11) is 1.74. The van der Waals surface area contributed by atoms with Crippen molar-refractivity contribution >= 4 is 0 Å². The van der Waals surface area contributed by atoms with Crippen LogP contribution < -0.4 is 5.32 Å². The lowest BCUT2D eigenvalue weighted by atomic mass is 9.67. The number of aliphatic hydroxyl groups is 1. The van der Waals surface area contributed by atoms with Gasteiger partial charge < -0.3 is 9.84 Å². The summed E-state index contributed by atoms with van der Waals surface area (Å²) in [5.74, 6) is 1.29. The Bertz CT molecular complexity index is 363. The summed E-state index contributed by atoms with van der Waals surface area (Å²) in [5, 5.41) is 22.9. The lowest BCUT2D eigenvalue weighted by Crippen LogP contribution is -2.45. The van der Waals surface area contributed by atoms with E-state index in [-0.39, 0.29) is 24.4 Å². The van der Waals surface area contributed by atoms with Crippen LogP contribution in [0.5, 0.6) is 0 Å². The molecule has 0 radical (unpaired) electrons. The van der Waals surface area contributed by atoms with Gasteiger partial charge in [-0.25, -0.2) is 0 Å². The van der Waals surface area contributed by atoms with Gasteiger partial charge >= 0.3 is 0 Å². The second kappa shape index (κ2) is 7.16. The molecule has 6 unspecified atom stereocenters. The van der Waals surface area contributed by atoms with E-state index in [4.69, 9.17) is 4.74 Å². The summed E-state index contributed by atoms with van der Waals surface area (Å²) in [4.78, 5) is 0. The van der Waals surface area contributed by atoms with Gasteiger partial charge in [0.15, 0.2) is 0 Å². The number of piperidine rings is 1. The van der Waals surface area contributed by atoms with Gasteiger partial charge in [0.25, 0.3) is 0 Å². The Morgan fingerprint density at radius 2 is 1.86 bits per heavy atom. The Kier molecular flexibility index (Phi) is 5.24. The van der Waals surface area contributed by atoms with Crippen molar-refractivity contribution in [2.75, 3.05) is 13.7 Å². The lowest BCUT2D eigenvalue weighted by molar-refractivity contribution is 0.0179. The molecule has 0 spiro atoms. The summed E-state index contributed by atoms with van der Waals surface area (Å²) in [6, 6.07) is 0.00489. The maximum absolute atomic E-state index is 10.4. The van der Waals surface area contributed by atoms with Crippen molar-refractivity contribution in [2.45, 2.75) is 75.8 Å². The smallest absolute Gasteiger partial charge is 0.147 e. The minimum atomic E-state index is -0.308. The van der Waals surface area contributed by atoms with Gasteiger partial charge in [-0.2, -0.15) is 10.2 Å². The average molecular weight is 295 g/mol. The fourth-order valence-electron chi connectivity index (χ4n) is 4.40. The fraction of sp³-hybridized carbons (Fsp3) is 1.00. The van der Waals surface area contributed by atoms with Gasteiger partial charge in [0.2, 0.25) is 0 Å². The Morgan fingerprint density at radius 1 is 1.00 bits per heavy atom. The maximum atomic E-state index is 10.4. The monoisotopic (exact) mass is 295 g/mol. The lowest BCUT2D eigenvalue weighted by Gasteiger charge is -2.41. The van der Waals surface area contributed by atoms with Gasteiger partial charge in [0, 0.05) is 7.11 Å². The molecule has 2 aliphatic carbocycles. The third kappa shape index (κ3) is 3.46. The van der Waals surface area contributed by atoms with Crippen LogP contribution >= 0.6 is 0 Å². The van der Waals surface area contributed by atoms with Gasteiger partial charge in [0.05, 0.1) is 18.2 Å². The highest BCUT2D eigenvalue weighted by molar-refractivity contribution is 4.94. The highest BCUT2D eigenvalue weighted by atomic mass is 16.5. The molecule has 0 amide bonds. The van der Waals surface area contributed by atoms with Crippen molar-refractivity contribution in [2.24, 2.45) is 22.1 Å². The third-order valence-electron chi connectivity index (χ3n) is 5.63. The van der Waals surface area contributed by atoms with Crippen LogP contribution in [0, 0.1) is 11.8 Å². The normalized spacial score (nSPS) is 44.7. The highest BCUT2D eigenvalue weighted by Crippen LogP contribution is 2.42. The first-order valence-electron chi connectivity index (χ1n) is 8.64. The third-order valence-corrected chi connectivity index (χ3v) is 5.63. The molecule has 3 fully saturated rings. The van der Waals surface area contributed by atoms with Crippen LogP contribution in [-0.2, 0) is 4.74 Å². The number of ether oxygens (including phenoxy) is 1. The van der Waals surface area contributed by atoms with Gasteiger partial charge in [-0.3, -0.25) is 5.32 Å². The molecule has 5 nitrogen and oxygen atoms in total. The molecule has 1 heterocycles. The van der Waals surface area contributed by atoms with E-state index in [0.717, 1.165) is 31.7 Å². The number of hydrogen-bond acceptors (Lipinski definition) is 5. The fourth-order valence-corrected chi connectivity index (χ4v) is 4.40. The molecule has 5 heteroatoms. The van der Waals surface area contributed by atoms with Crippen molar-refractivity contribution < 1.29 is 9.84 Å². The number of methoxy groups -OCH3 is 1. The topological polar surface area (TPSA) is 66.2 Å². The van der Waals surface area contributed by atoms with Gasteiger partial charge in [-0.05, 0) is 50.5 Å². The van der Waals surface area contributed by atoms with Crippen LogP contribution in [0.15, 0.2) is 10.2 Å². The molecule has 0 aromatic carbocycles. The molecule has 3 rings (SSSR count). The van der Waals surface area contributed by atoms with Crippen molar-refractivity contribution in [1.82, 2.24) is 5.32 Å². The van der Waals surface area contributed by atoms with Crippen LogP contribution in [0.1, 0.15) is 51.4 Å². The minimum Gasteiger partial charge on any atom is -0.391 e. The van der Waals surface area contributed by atoms with Crippen molar-refractivity contribution in [3.05, 3.63) is 0 Å². The molecular formula is C16H29N3O2. The van der Waals surface area contributed by atoms with E-state index in [0.29, 0.717) is 5.92 Å². The van der Waals surface area contributed by atoms with E-state index in [9.17, 15) is 5.11 Å². The van der Waals surface area contributed by atoms with Crippen LogP contribution in [0.4, 0.5) is 0 Å². The zero-order valence-electron chi connectivity index (χ0n) is 13.1. The number of fused-ring (bicyclic) bond motifs is 1. The Hall–Kier alpha value is -0.520. The van der Waals surface area contributed by atoms with Crippen molar-refractivity contribution in [1.29, 1.82) is 0 Å². The van der Waals surface area contributed by atoms with E-state index in [2.05, 4.69) is 15.5 Å². The Balaban J connectivity index is 1.67. The predicted molar refractivity (Wildman–Crippen MR) is 81.2 cm³/mol. The summed E-state index contributed by atoms with van der Waals surface area (Å²) in [6.45, 7) is 0.975. The van der Waals surface area contributed by atoms with Gasteiger partial charge in [-0.15, -0.1) is 0 Å². The molecular weight excluding hydrogens is 266 g/mol. The van der Waals surface area contributed by atoms with Gasteiger partial charge in [-0.1, -0.05) is 19.3 Å².